The number of amides is 2. The third-order valence-corrected chi connectivity index (χ3v) is 4.08. The summed E-state index contributed by atoms with van der Waals surface area (Å²) in [6.07, 6.45) is 2.48. The van der Waals surface area contributed by atoms with Crippen molar-refractivity contribution in [2.45, 2.75) is 39.5 Å². The topological polar surface area (TPSA) is 78.9 Å². The fraction of sp³-hybridized carbons (Fsp3) is 0.857. The Labute approximate surface area is 120 Å². The third kappa shape index (κ3) is 4.37. The number of ether oxygens (including phenoxy) is 1. The first-order valence-electron chi connectivity index (χ1n) is 7.39. The van der Waals surface area contributed by atoms with E-state index in [4.69, 9.17) is 4.74 Å². The van der Waals surface area contributed by atoms with Gasteiger partial charge < -0.3 is 20.1 Å². The Morgan fingerprint density at radius 2 is 1.95 bits per heavy atom. The maximum absolute atomic E-state index is 11.9. The van der Waals surface area contributed by atoms with Crippen LogP contribution < -0.4 is 5.32 Å². The molecule has 0 aromatic carbocycles. The van der Waals surface area contributed by atoms with Crippen molar-refractivity contribution in [3.8, 4) is 0 Å². The summed E-state index contributed by atoms with van der Waals surface area (Å²) in [4.78, 5) is 25.0. The van der Waals surface area contributed by atoms with Crippen molar-refractivity contribution in [3.05, 3.63) is 0 Å². The number of urea groups is 1. The van der Waals surface area contributed by atoms with Crippen LogP contribution in [0, 0.1) is 5.41 Å². The Bertz CT molecular complexity index is 325. The number of nitrogens with one attached hydrogen (secondary N) is 1. The zero-order chi connectivity index (χ0) is 15.0. The van der Waals surface area contributed by atoms with Crippen LogP contribution in [0.15, 0.2) is 0 Å². The average molecular weight is 286 g/mol. The number of hydrogen-bond donors (Lipinski definition) is 2. The first-order chi connectivity index (χ1) is 9.55. The maximum atomic E-state index is 11.9. The number of rotatable bonds is 7. The van der Waals surface area contributed by atoms with Crippen LogP contribution in [0.25, 0.3) is 0 Å². The van der Waals surface area contributed by atoms with E-state index in [-0.39, 0.29) is 6.03 Å². The zero-order valence-electron chi connectivity index (χ0n) is 12.5. The molecule has 0 aliphatic carbocycles. The van der Waals surface area contributed by atoms with Gasteiger partial charge in [0.15, 0.2) is 0 Å². The second-order valence-corrected chi connectivity index (χ2v) is 5.21. The van der Waals surface area contributed by atoms with E-state index in [1.54, 1.807) is 4.90 Å². The lowest BCUT2D eigenvalue weighted by Crippen LogP contribution is -2.49. The van der Waals surface area contributed by atoms with Crippen molar-refractivity contribution in [2.24, 2.45) is 5.41 Å². The van der Waals surface area contributed by atoms with Gasteiger partial charge in [0.1, 0.15) is 0 Å². The van der Waals surface area contributed by atoms with Gasteiger partial charge in [0.25, 0.3) is 0 Å². The number of aliphatic carboxylic acids is 1. The molecule has 0 bridgehead atoms. The van der Waals surface area contributed by atoms with Crippen molar-refractivity contribution < 1.29 is 19.4 Å². The van der Waals surface area contributed by atoms with Crippen molar-refractivity contribution in [1.82, 2.24) is 10.2 Å². The summed E-state index contributed by atoms with van der Waals surface area (Å²) in [5.41, 5.74) is -0.647. The molecular weight excluding hydrogens is 260 g/mol. The van der Waals surface area contributed by atoms with Gasteiger partial charge in [-0.3, -0.25) is 4.79 Å². The summed E-state index contributed by atoms with van der Waals surface area (Å²) >= 11 is 0. The molecule has 1 heterocycles. The number of likely N-dealkylation sites (tertiary alicyclic amines) is 1. The summed E-state index contributed by atoms with van der Waals surface area (Å²) in [5, 5.41) is 12.1. The fourth-order valence-electron chi connectivity index (χ4n) is 2.48. The highest BCUT2D eigenvalue weighted by molar-refractivity contribution is 5.77. The maximum Gasteiger partial charge on any atom is 0.317 e. The Morgan fingerprint density at radius 3 is 2.45 bits per heavy atom. The van der Waals surface area contributed by atoms with Crippen LogP contribution in [0.2, 0.25) is 0 Å². The van der Waals surface area contributed by atoms with Gasteiger partial charge in [-0.1, -0.05) is 6.92 Å². The van der Waals surface area contributed by atoms with Gasteiger partial charge in [-0.25, -0.2) is 4.79 Å². The smallest absolute Gasteiger partial charge is 0.317 e. The van der Waals surface area contributed by atoms with Crippen molar-refractivity contribution >= 4 is 12.0 Å². The predicted molar refractivity (Wildman–Crippen MR) is 75.7 cm³/mol. The molecule has 1 fully saturated rings. The van der Waals surface area contributed by atoms with Gasteiger partial charge in [0.05, 0.1) is 5.41 Å². The molecular formula is C14H26N2O4. The van der Waals surface area contributed by atoms with E-state index < -0.39 is 11.4 Å². The minimum Gasteiger partial charge on any atom is -0.481 e. The van der Waals surface area contributed by atoms with Crippen LogP contribution >= 0.6 is 0 Å². The quantitative estimate of drug-likeness (QED) is 0.698. The summed E-state index contributed by atoms with van der Waals surface area (Å²) < 4.78 is 5.20. The van der Waals surface area contributed by atoms with Gasteiger partial charge in [0.2, 0.25) is 0 Å². The molecule has 20 heavy (non-hydrogen) atoms. The highest BCUT2D eigenvalue weighted by Gasteiger charge is 2.40. The second kappa shape index (κ2) is 8.09. The van der Waals surface area contributed by atoms with Gasteiger partial charge in [-0.2, -0.15) is 0 Å². The normalized spacial score (nSPS) is 17.8. The van der Waals surface area contributed by atoms with E-state index in [0.717, 1.165) is 6.42 Å². The number of carbonyl (C=O) groups excluding carboxylic acids is 1. The van der Waals surface area contributed by atoms with Crippen LogP contribution in [0.1, 0.15) is 39.5 Å². The summed E-state index contributed by atoms with van der Waals surface area (Å²) in [7, 11) is 0. The van der Waals surface area contributed by atoms with Crippen molar-refractivity contribution in [3.63, 3.8) is 0 Å². The zero-order valence-corrected chi connectivity index (χ0v) is 12.5. The molecule has 2 amide bonds. The molecule has 0 radical (unpaired) electrons. The van der Waals surface area contributed by atoms with Gasteiger partial charge >= 0.3 is 12.0 Å². The Hall–Kier alpha value is -1.30. The highest BCUT2D eigenvalue weighted by Crippen LogP contribution is 2.35. The van der Waals surface area contributed by atoms with Crippen LogP contribution in [0.4, 0.5) is 4.79 Å². The SMILES string of the molecule is CCOCCCNC(=O)N1CCC(CC)(C(=O)O)CC1. The molecule has 2 N–H and O–H groups in total. The number of nitrogens with zero attached hydrogens (tertiary/aromatic N) is 1. The molecule has 116 valence electrons. The molecule has 0 aromatic rings. The van der Waals surface area contributed by atoms with Crippen LogP contribution in [-0.2, 0) is 9.53 Å². The largest absolute Gasteiger partial charge is 0.481 e. The number of carbonyl (C=O) groups is 2. The molecule has 1 saturated heterocycles. The van der Waals surface area contributed by atoms with Gasteiger partial charge in [0, 0.05) is 32.8 Å². The lowest BCUT2D eigenvalue weighted by Gasteiger charge is -2.38. The standard InChI is InChI=1S/C14H26N2O4/c1-3-14(12(17)18)6-9-16(10-7-14)13(19)15-8-5-11-20-4-2/h3-11H2,1-2H3,(H,15,19)(H,17,18). The van der Waals surface area contributed by atoms with Crippen LogP contribution in [0.5, 0.6) is 0 Å². The summed E-state index contributed by atoms with van der Waals surface area (Å²) in [6.45, 7) is 6.79. The number of carboxylic acid groups (broad SMARTS) is 1. The molecule has 6 nitrogen and oxygen atoms in total. The average Bonchev–Trinajstić information content (AvgIpc) is 2.46. The molecule has 0 spiro atoms. The molecule has 1 aliphatic rings. The van der Waals surface area contributed by atoms with Gasteiger partial charge in [-0.15, -0.1) is 0 Å². The number of piperidine rings is 1. The minimum atomic E-state index is -0.739. The highest BCUT2D eigenvalue weighted by atomic mass is 16.5. The Balaban J connectivity index is 2.30. The fourth-order valence-corrected chi connectivity index (χ4v) is 2.48. The first-order valence-corrected chi connectivity index (χ1v) is 7.39. The van der Waals surface area contributed by atoms with Crippen molar-refractivity contribution in [1.29, 1.82) is 0 Å². The second-order valence-electron chi connectivity index (χ2n) is 5.21. The van der Waals surface area contributed by atoms with E-state index in [9.17, 15) is 14.7 Å². The first kappa shape index (κ1) is 16.8. The van der Waals surface area contributed by atoms with Crippen LogP contribution in [0.3, 0.4) is 0 Å². The Morgan fingerprint density at radius 1 is 1.30 bits per heavy atom. The summed E-state index contributed by atoms with van der Waals surface area (Å²) in [5.74, 6) is -0.739. The van der Waals surface area contributed by atoms with E-state index in [1.807, 2.05) is 13.8 Å². The van der Waals surface area contributed by atoms with Crippen molar-refractivity contribution in [2.75, 3.05) is 32.8 Å². The number of hydrogen-bond acceptors (Lipinski definition) is 3. The molecule has 0 saturated carbocycles. The van der Waals surface area contributed by atoms with Crippen LogP contribution in [-0.4, -0.2) is 54.9 Å². The van der Waals surface area contributed by atoms with E-state index in [2.05, 4.69) is 5.32 Å². The monoisotopic (exact) mass is 286 g/mol. The van der Waals surface area contributed by atoms with E-state index in [0.29, 0.717) is 52.1 Å². The van der Waals surface area contributed by atoms with Gasteiger partial charge in [-0.05, 0) is 32.6 Å². The summed E-state index contributed by atoms with van der Waals surface area (Å²) in [6, 6.07) is -0.100. The number of carboxylic acids is 1. The molecule has 1 rings (SSSR count). The molecule has 1 aliphatic heterocycles. The Kier molecular flexibility index (Phi) is 6.78. The molecule has 0 unspecified atom stereocenters. The third-order valence-electron chi connectivity index (χ3n) is 4.08. The lowest BCUT2D eigenvalue weighted by molar-refractivity contribution is -0.151. The molecule has 6 heteroatoms. The van der Waals surface area contributed by atoms with E-state index in [1.165, 1.54) is 0 Å². The molecule has 0 aromatic heterocycles. The minimum absolute atomic E-state index is 0.100. The predicted octanol–water partition coefficient (Wildman–Crippen LogP) is 1.70. The molecule has 0 atom stereocenters. The van der Waals surface area contributed by atoms with E-state index >= 15 is 0 Å². The lowest BCUT2D eigenvalue weighted by atomic mass is 9.76.